The second-order valence-corrected chi connectivity index (χ2v) is 4.75. The van der Waals surface area contributed by atoms with Gasteiger partial charge in [-0.2, -0.15) is 0 Å². The number of nitrogens with two attached hydrogens (primary N) is 1. The van der Waals surface area contributed by atoms with Crippen LogP contribution in [0.3, 0.4) is 0 Å². The fourth-order valence-corrected chi connectivity index (χ4v) is 1.95. The van der Waals surface area contributed by atoms with E-state index in [1.165, 1.54) is 0 Å². The third-order valence-electron chi connectivity index (χ3n) is 3.23. The van der Waals surface area contributed by atoms with Crippen LogP contribution < -0.4 is 11.1 Å². The van der Waals surface area contributed by atoms with Crippen LogP contribution in [0.1, 0.15) is 18.4 Å². The Morgan fingerprint density at radius 3 is 2.63 bits per heavy atom. The number of nitrogens with one attached hydrogen (secondary N) is 1. The Balaban J connectivity index is 1.93. The molecule has 0 heterocycles. The number of carbonyl (C=O) groups excluding carboxylic acids is 1. The molecule has 2 rings (SSSR count). The number of anilines is 1. The summed E-state index contributed by atoms with van der Waals surface area (Å²) in [6.45, 7) is 1.71. The minimum Gasteiger partial charge on any atom is -0.383 e. The highest BCUT2D eigenvalue weighted by Crippen LogP contribution is 2.27. The molecule has 1 aliphatic rings. The first-order chi connectivity index (χ1) is 9.24. The molecule has 0 aromatic heterocycles. The fraction of sp³-hybridized carbons (Fsp3) is 0.500. The SMILES string of the molecule is COCCN(C(=O)Nc1ccc(CN)cc1)C1CC1. The molecule has 0 bridgehead atoms. The summed E-state index contributed by atoms with van der Waals surface area (Å²) in [6.07, 6.45) is 2.17. The molecule has 1 aliphatic carbocycles. The van der Waals surface area contributed by atoms with Gasteiger partial charge in [-0.05, 0) is 30.5 Å². The Kier molecular flexibility index (Phi) is 4.76. The average molecular weight is 263 g/mol. The van der Waals surface area contributed by atoms with Gasteiger partial charge in [0.25, 0.3) is 0 Å². The second kappa shape index (κ2) is 6.54. The van der Waals surface area contributed by atoms with Crippen molar-refractivity contribution in [3.05, 3.63) is 29.8 Å². The summed E-state index contributed by atoms with van der Waals surface area (Å²) in [7, 11) is 1.65. The number of amides is 2. The van der Waals surface area contributed by atoms with Crippen LogP contribution in [0.15, 0.2) is 24.3 Å². The Hall–Kier alpha value is -1.59. The van der Waals surface area contributed by atoms with Crippen molar-refractivity contribution in [1.82, 2.24) is 4.90 Å². The molecule has 0 atom stereocenters. The lowest BCUT2D eigenvalue weighted by Crippen LogP contribution is -2.39. The van der Waals surface area contributed by atoms with Gasteiger partial charge in [0.1, 0.15) is 0 Å². The van der Waals surface area contributed by atoms with Crippen LogP contribution in [0.2, 0.25) is 0 Å². The Bertz CT molecular complexity index is 415. The molecule has 1 fully saturated rings. The minimum absolute atomic E-state index is 0.0555. The Morgan fingerprint density at radius 2 is 2.11 bits per heavy atom. The maximum absolute atomic E-state index is 12.2. The van der Waals surface area contributed by atoms with Crippen LogP contribution in [-0.4, -0.2) is 37.2 Å². The number of rotatable bonds is 6. The normalized spacial score (nSPS) is 14.2. The van der Waals surface area contributed by atoms with Gasteiger partial charge in [0, 0.05) is 31.9 Å². The second-order valence-electron chi connectivity index (χ2n) is 4.75. The molecular formula is C14H21N3O2. The molecule has 3 N–H and O–H groups in total. The molecule has 104 valence electrons. The van der Waals surface area contributed by atoms with Gasteiger partial charge in [-0.25, -0.2) is 4.79 Å². The number of hydrogen-bond acceptors (Lipinski definition) is 3. The summed E-state index contributed by atoms with van der Waals surface area (Å²) in [5.74, 6) is 0. The minimum atomic E-state index is -0.0555. The Morgan fingerprint density at radius 1 is 1.42 bits per heavy atom. The van der Waals surface area contributed by atoms with Crippen molar-refractivity contribution in [2.75, 3.05) is 25.6 Å². The van der Waals surface area contributed by atoms with E-state index in [4.69, 9.17) is 10.5 Å². The van der Waals surface area contributed by atoms with Crippen molar-refractivity contribution >= 4 is 11.7 Å². The number of hydrogen-bond donors (Lipinski definition) is 2. The van der Waals surface area contributed by atoms with Crippen molar-refractivity contribution in [1.29, 1.82) is 0 Å². The summed E-state index contributed by atoms with van der Waals surface area (Å²) in [5, 5.41) is 2.91. The van der Waals surface area contributed by atoms with Gasteiger partial charge in [-0.3, -0.25) is 0 Å². The van der Waals surface area contributed by atoms with E-state index >= 15 is 0 Å². The molecule has 0 aliphatic heterocycles. The molecule has 5 heteroatoms. The summed E-state index contributed by atoms with van der Waals surface area (Å²) >= 11 is 0. The van der Waals surface area contributed by atoms with Crippen LogP contribution >= 0.6 is 0 Å². The predicted molar refractivity (Wildman–Crippen MR) is 75.0 cm³/mol. The molecule has 0 unspecified atom stereocenters. The molecule has 0 spiro atoms. The van der Waals surface area contributed by atoms with Gasteiger partial charge in [-0.15, -0.1) is 0 Å². The number of nitrogens with zero attached hydrogens (tertiary/aromatic N) is 1. The smallest absolute Gasteiger partial charge is 0.322 e. The highest BCUT2D eigenvalue weighted by Gasteiger charge is 2.32. The van der Waals surface area contributed by atoms with Gasteiger partial charge < -0.3 is 20.7 Å². The summed E-state index contributed by atoms with van der Waals surface area (Å²) in [4.78, 5) is 14.0. The van der Waals surface area contributed by atoms with Crippen molar-refractivity contribution in [2.45, 2.75) is 25.4 Å². The molecule has 5 nitrogen and oxygen atoms in total. The van der Waals surface area contributed by atoms with Gasteiger partial charge in [0.15, 0.2) is 0 Å². The van der Waals surface area contributed by atoms with Crippen LogP contribution in [0, 0.1) is 0 Å². The first-order valence-electron chi connectivity index (χ1n) is 6.60. The molecule has 1 aromatic rings. The number of ether oxygens (including phenoxy) is 1. The quantitative estimate of drug-likeness (QED) is 0.822. The lowest BCUT2D eigenvalue weighted by Gasteiger charge is -2.22. The molecule has 2 amide bonds. The fourth-order valence-electron chi connectivity index (χ4n) is 1.95. The van der Waals surface area contributed by atoms with Crippen LogP contribution in [-0.2, 0) is 11.3 Å². The van der Waals surface area contributed by atoms with E-state index in [2.05, 4.69) is 5.32 Å². The zero-order chi connectivity index (χ0) is 13.7. The zero-order valence-electron chi connectivity index (χ0n) is 11.3. The first-order valence-corrected chi connectivity index (χ1v) is 6.60. The average Bonchev–Trinajstić information content (AvgIpc) is 3.25. The summed E-state index contributed by atoms with van der Waals surface area (Å²) < 4.78 is 5.05. The summed E-state index contributed by atoms with van der Waals surface area (Å²) in [6, 6.07) is 7.92. The van der Waals surface area contributed by atoms with E-state index in [9.17, 15) is 4.79 Å². The third-order valence-corrected chi connectivity index (χ3v) is 3.23. The maximum Gasteiger partial charge on any atom is 0.322 e. The van der Waals surface area contributed by atoms with Crippen molar-refractivity contribution in [2.24, 2.45) is 5.73 Å². The molecule has 0 saturated heterocycles. The van der Waals surface area contributed by atoms with Gasteiger partial charge >= 0.3 is 6.03 Å². The topological polar surface area (TPSA) is 67.6 Å². The number of carbonyl (C=O) groups is 1. The monoisotopic (exact) mass is 263 g/mol. The molecule has 0 radical (unpaired) electrons. The van der Waals surface area contributed by atoms with Crippen LogP contribution in [0.4, 0.5) is 10.5 Å². The standard InChI is InChI=1S/C14H21N3O2/c1-19-9-8-17(13-6-7-13)14(18)16-12-4-2-11(10-15)3-5-12/h2-5,13H,6-10,15H2,1H3,(H,16,18). The van der Waals surface area contributed by atoms with Gasteiger partial charge in [-0.1, -0.05) is 12.1 Å². The van der Waals surface area contributed by atoms with Crippen LogP contribution in [0.25, 0.3) is 0 Å². The van der Waals surface area contributed by atoms with Crippen LogP contribution in [0.5, 0.6) is 0 Å². The first kappa shape index (κ1) is 13.8. The van der Waals surface area contributed by atoms with Crippen molar-refractivity contribution in [3.8, 4) is 0 Å². The Labute approximate surface area is 113 Å². The predicted octanol–water partition coefficient (Wildman–Crippen LogP) is 1.79. The maximum atomic E-state index is 12.2. The molecular weight excluding hydrogens is 242 g/mol. The van der Waals surface area contributed by atoms with E-state index in [1.54, 1.807) is 7.11 Å². The third kappa shape index (κ3) is 3.94. The van der Waals surface area contributed by atoms with Crippen molar-refractivity contribution in [3.63, 3.8) is 0 Å². The summed E-state index contributed by atoms with van der Waals surface area (Å²) in [5.41, 5.74) is 7.39. The number of benzene rings is 1. The van der Waals surface area contributed by atoms with Gasteiger partial charge in [0.2, 0.25) is 0 Å². The van der Waals surface area contributed by atoms with Gasteiger partial charge in [0.05, 0.1) is 6.61 Å². The largest absolute Gasteiger partial charge is 0.383 e. The molecule has 1 aromatic carbocycles. The number of urea groups is 1. The highest BCUT2D eigenvalue weighted by molar-refractivity contribution is 5.89. The van der Waals surface area contributed by atoms with E-state index in [0.717, 1.165) is 24.1 Å². The van der Waals surface area contributed by atoms with E-state index in [1.807, 2.05) is 29.2 Å². The molecule has 1 saturated carbocycles. The van der Waals surface area contributed by atoms with E-state index in [0.29, 0.717) is 25.7 Å². The highest BCUT2D eigenvalue weighted by atomic mass is 16.5. The van der Waals surface area contributed by atoms with E-state index in [-0.39, 0.29) is 6.03 Å². The van der Waals surface area contributed by atoms with Crippen molar-refractivity contribution < 1.29 is 9.53 Å². The lowest BCUT2D eigenvalue weighted by molar-refractivity contribution is 0.152. The number of methoxy groups -OCH3 is 1. The zero-order valence-corrected chi connectivity index (χ0v) is 11.3. The van der Waals surface area contributed by atoms with E-state index < -0.39 is 0 Å². The molecule has 19 heavy (non-hydrogen) atoms. The lowest BCUT2D eigenvalue weighted by atomic mass is 10.2.